The Kier molecular flexibility index (Phi) is 2.37. The van der Waals surface area contributed by atoms with Gasteiger partial charge in [0.1, 0.15) is 0 Å². The van der Waals surface area contributed by atoms with E-state index in [-0.39, 0.29) is 6.04 Å². The number of aromatic nitrogens is 1. The van der Waals surface area contributed by atoms with E-state index in [2.05, 4.69) is 46.0 Å². The van der Waals surface area contributed by atoms with E-state index < -0.39 is 0 Å². The molecule has 74 valence electrons. The summed E-state index contributed by atoms with van der Waals surface area (Å²) in [7, 11) is 0. The van der Waals surface area contributed by atoms with Crippen LogP contribution >= 0.6 is 15.9 Å². The van der Waals surface area contributed by atoms with E-state index >= 15 is 0 Å². The Morgan fingerprint density at radius 2 is 2.14 bits per heavy atom. The highest BCUT2D eigenvalue weighted by Gasteiger charge is 2.11. The van der Waals surface area contributed by atoms with Crippen molar-refractivity contribution in [2.45, 2.75) is 19.9 Å². The molecular weight excluding hydrogens is 240 g/mol. The molecule has 0 radical (unpaired) electrons. The smallest absolute Gasteiger partial charge is 0.0477 e. The van der Waals surface area contributed by atoms with Gasteiger partial charge in [-0.3, -0.25) is 0 Å². The Hall–Kier alpha value is -0.800. The molecule has 0 spiro atoms. The van der Waals surface area contributed by atoms with E-state index in [1.807, 2.05) is 6.92 Å². The maximum absolute atomic E-state index is 5.86. The van der Waals surface area contributed by atoms with Gasteiger partial charge in [-0.1, -0.05) is 11.6 Å². The van der Waals surface area contributed by atoms with Gasteiger partial charge in [0.15, 0.2) is 0 Å². The van der Waals surface area contributed by atoms with Crippen molar-refractivity contribution in [3.8, 4) is 0 Å². The van der Waals surface area contributed by atoms with Crippen LogP contribution in [0.4, 0.5) is 0 Å². The summed E-state index contributed by atoms with van der Waals surface area (Å²) in [6.45, 7) is 4.06. The van der Waals surface area contributed by atoms with E-state index in [4.69, 9.17) is 5.73 Å². The fourth-order valence-electron chi connectivity index (χ4n) is 1.61. The predicted octanol–water partition coefficient (Wildman–Crippen LogP) is 3.26. The third-order valence-corrected chi connectivity index (χ3v) is 3.23. The number of nitrogens with two attached hydrogens (primary N) is 1. The molecule has 1 heterocycles. The molecule has 0 saturated heterocycles. The van der Waals surface area contributed by atoms with Crippen LogP contribution in [0.5, 0.6) is 0 Å². The summed E-state index contributed by atoms with van der Waals surface area (Å²) < 4.78 is 1.09. The zero-order chi connectivity index (χ0) is 10.3. The van der Waals surface area contributed by atoms with Crippen LogP contribution in [0.1, 0.15) is 24.2 Å². The van der Waals surface area contributed by atoms with Crippen molar-refractivity contribution in [3.05, 3.63) is 33.9 Å². The lowest BCUT2D eigenvalue weighted by molar-refractivity contribution is 0.788. The number of aromatic amines is 1. The van der Waals surface area contributed by atoms with Gasteiger partial charge in [-0.05, 0) is 41.9 Å². The average Bonchev–Trinajstić information content (AvgIpc) is 2.44. The van der Waals surface area contributed by atoms with Gasteiger partial charge >= 0.3 is 0 Å². The van der Waals surface area contributed by atoms with Crippen LogP contribution in [-0.4, -0.2) is 4.98 Å². The Morgan fingerprint density at radius 1 is 1.43 bits per heavy atom. The van der Waals surface area contributed by atoms with Crippen LogP contribution < -0.4 is 5.73 Å². The van der Waals surface area contributed by atoms with E-state index in [0.29, 0.717) is 0 Å². The monoisotopic (exact) mass is 252 g/mol. The lowest BCUT2D eigenvalue weighted by atomic mass is 10.1. The van der Waals surface area contributed by atoms with Gasteiger partial charge in [0.25, 0.3) is 0 Å². The number of nitrogens with one attached hydrogen (secondary N) is 1. The largest absolute Gasteiger partial charge is 0.356 e. The molecule has 0 bridgehead atoms. The number of H-pyrrole nitrogens is 1. The van der Waals surface area contributed by atoms with E-state index in [1.165, 1.54) is 10.9 Å². The van der Waals surface area contributed by atoms with Gasteiger partial charge < -0.3 is 10.7 Å². The standard InChI is InChI=1S/C11H13BrN2/c1-6-3-4-9-8(5-6)10(12)11(14-9)7(2)13/h3-5,7,14H,13H2,1-2H3. The first kappa shape index (κ1) is 9.74. The summed E-state index contributed by atoms with van der Waals surface area (Å²) >= 11 is 3.58. The molecule has 14 heavy (non-hydrogen) atoms. The van der Waals surface area contributed by atoms with Gasteiger partial charge in [-0.2, -0.15) is 0 Å². The normalized spacial score (nSPS) is 13.4. The lowest BCUT2D eigenvalue weighted by Gasteiger charge is -2.01. The van der Waals surface area contributed by atoms with E-state index in [1.54, 1.807) is 0 Å². The van der Waals surface area contributed by atoms with Gasteiger partial charge in [0.2, 0.25) is 0 Å². The highest BCUT2D eigenvalue weighted by molar-refractivity contribution is 9.10. The minimum Gasteiger partial charge on any atom is -0.356 e. The van der Waals surface area contributed by atoms with Gasteiger partial charge in [-0.15, -0.1) is 0 Å². The second kappa shape index (κ2) is 3.41. The molecule has 0 fully saturated rings. The second-order valence-corrected chi connectivity index (χ2v) is 4.48. The molecule has 2 aromatic rings. The van der Waals surface area contributed by atoms with Crippen LogP contribution in [0.2, 0.25) is 0 Å². The molecule has 3 heteroatoms. The number of hydrogen-bond donors (Lipinski definition) is 2. The SMILES string of the molecule is Cc1ccc2[nH]c(C(C)N)c(Br)c2c1. The molecule has 1 unspecified atom stereocenters. The maximum Gasteiger partial charge on any atom is 0.0477 e. The van der Waals surface area contributed by atoms with Crippen LogP contribution in [0.15, 0.2) is 22.7 Å². The molecular formula is C11H13BrN2. The minimum absolute atomic E-state index is 0.0251. The maximum atomic E-state index is 5.86. The summed E-state index contributed by atoms with van der Waals surface area (Å²) in [5.41, 5.74) is 9.31. The second-order valence-electron chi connectivity index (χ2n) is 3.69. The van der Waals surface area contributed by atoms with Gasteiger partial charge in [-0.25, -0.2) is 0 Å². The minimum atomic E-state index is 0.0251. The molecule has 2 nitrogen and oxygen atoms in total. The Morgan fingerprint density at radius 3 is 2.79 bits per heavy atom. The molecule has 0 aliphatic heterocycles. The van der Waals surface area contributed by atoms with Crippen molar-refractivity contribution in [2.75, 3.05) is 0 Å². The third kappa shape index (κ3) is 1.47. The Bertz CT molecular complexity index is 471. The number of benzene rings is 1. The van der Waals surface area contributed by atoms with Crippen LogP contribution in [-0.2, 0) is 0 Å². The zero-order valence-electron chi connectivity index (χ0n) is 8.26. The summed E-state index contributed by atoms with van der Waals surface area (Å²) in [5, 5.41) is 1.21. The summed E-state index contributed by atoms with van der Waals surface area (Å²) in [6.07, 6.45) is 0. The van der Waals surface area contributed by atoms with Crippen molar-refractivity contribution < 1.29 is 0 Å². The number of hydrogen-bond acceptors (Lipinski definition) is 1. The number of halogens is 1. The quantitative estimate of drug-likeness (QED) is 0.804. The highest BCUT2D eigenvalue weighted by atomic mass is 79.9. The van der Waals surface area contributed by atoms with Crippen LogP contribution in [0, 0.1) is 6.92 Å². The Balaban J connectivity index is 2.74. The van der Waals surface area contributed by atoms with Crippen molar-refractivity contribution in [1.82, 2.24) is 4.98 Å². The molecule has 2 rings (SSSR count). The van der Waals surface area contributed by atoms with Crippen molar-refractivity contribution in [2.24, 2.45) is 5.73 Å². The van der Waals surface area contributed by atoms with E-state index in [0.717, 1.165) is 15.7 Å². The number of rotatable bonds is 1. The van der Waals surface area contributed by atoms with Crippen LogP contribution in [0.3, 0.4) is 0 Å². The molecule has 1 aromatic heterocycles. The molecule has 0 amide bonds. The van der Waals surface area contributed by atoms with Crippen LogP contribution in [0.25, 0.3) is 10.9 Å². The number of fused-ring (bicyclic) bond motifs is 1. The molecule has 0 saturated carbocycles. The lowest BCUT2D eigenvalue weighted by Crippen LogP contribution is -2.05. The zero-order valence-corrected chi connectivity index (χ0v) is 9.85. The fraction of sp³-hybridized carbons (Fsp3) is 0.273. The highest BCUT2D eigenvalue weighted by Crippen LogP contribution is 2.31. The third-order valence-electron chi connectivity index (χ3n) is 2.37. The molecule has 0 aliphatic carbocycles. The summed E-state index contributed by atoms with van der Waals surface area (Å²) in [5.74, 6) is 0. The van der Waals surface area contributed by atoms with Gasteiger partial charge in [0, 0.05) is 27.1 Å². The first-order valence-electron chi connectivity index (χ1n) is 4.63. The fourth-order valence-corrected chi connectivity index (χ4v) is 2.40. The number of aryl methyl sites for hydroxylation is 1. The topological polar surface area (TPSA) is 41.8 Å². The molecule has 1 aromatic carbocycles. The summed E-state index contributed by atoms with van der Waals surface area (Å²) in [4.78, 5) is 3.32. The average molecular weight is 253 g/mol. The van der Waals surface area contributed by atoms with Crippen molar-refractivity contribution in [3.63, 3.8) is 0 Å². The molecule has 1 atom stereocenters. The first-order chi connectivity index (χ1) is 6.59. The van der Waals surface area contributed by atoms with E-state index in [9.17, 15) is 0 Å². The van der Waals surface area contributed by atoms with Crippen molar-refractivity contribution >= 4 is 26.8 Å². The molecule has 0 aliphatic rings. The first-order valence-corrected chi connectivity index (χ1v) is 5.42. The predicted molar refractivity (Wildman–Crippen MR) is 63.3 cm³/mol. The summed E-state index contributed by atoms with van der Waals surface area (Å²) in [6, 6.07) is 6.36. The van der Waals surface area contributed by atoms with Crippen molar-refractivity contribution in [1.29, 1.82) is 0 Å². The molecule has 3 N–H and O–H groups in total. The Labute approximate surface area is 91.6 Å². The van der Waals surface area contributed by atoms with Gasteiger partial charge in [0.05, 0.1) is 0 Å².